The zero-order valence-corrected chi connectivity index (χ0v) is 56.2. The summed E-state index contributed by atoms with van der Waals surface area (Å²) in [4.78, 5) is 38.4. The van der Waals surface area contributed by atoms with E-state index in [0.717, 1.165) is 70.6 Å². The van der Waals surface area contributed by atoms with Crippen LogP contribution in [0.1, 0.15) is 419 Å². The third kappa shape index (κ3) is 70.3. The van der Waals surface area contributed by atoms with Gasteiger partial charge in [0.15, 0.2) is 6.10 Å². The Kier molecular flexibility index (Phi) is 70.0. The summed E-state index contributed by atoms with van der Waals surface area (Å²) in [6, 6.07) is 0. The van der Waals surface area contributed by atoms with Gasteiger partial charge in [0.2, 0.25) is 0 Å². The molecule has 0 aliphatic carbocycles. The summed E-state index contributed by atoms with van der Waals surface area (Å²) in [6.45, 7) is 6.68. The molecule has 0 radical (unpaired) electrons. The highest BCUT2D eigenvalue weighted by atomic mass is 16.6. The molecular formula is C77H144O6. The molecule has 0 aromatic rings. The van der Waals surface area contributed by atoms with Crippen molar-refractivity contribution in [3.8, 4) is 0 Å². The van der Waals surface area contributed by atoms with Gasteiger partial charge in [-0.05, 0) is 77.0 Å². The van der Waals surface area contributed by atoms with E-state index in [4.69, 9.17) is 14.2 Å². The number of hydrogen-bond donors (Lipinski definition) is 0. The fraction of sp³-hybridized carbons (Fsp3) is 0.883. The molecule has 0 heterocycles. The smallest absolute Gasteiger partial charge is 0.306 e. The zero-order valence-electron chi connectivity index (χ0n) is 56.2. The van der Waals surface area contributed by atoms with Gasteiger partial charge in [-0.3, -0.25) is 14.4 Å². The van der Waals surface area contributed by atoms with Gasteiger partial charge >= 0.3 is 17.9 Å². The number of carbonyl (C=O) groups is 3. The quantitative estimate of drug-likeness (QED) is 0.0261. The van der Waals surface area contributed by atoms with Gasteiger partial charge in [-0.2, -0.15) is 0 Å². The molecule has 0 rings (SSSR count). The summed E-state index contributed by atoms with van der Waals surface area (Å²) >= 11 is 0. The van der Waals surface area contributed by atoms with Crippen LogP contribution in [0.3, 0.4) is 0 Å². The monoisotopic (exact) mass is 1170 g/mol. The molecule has 0 aliphatic rings. The van der Waals surface area contributed by atoms with Crippen LogP contribution in [-0.2, 0) is 28.6 Å². The third-order valence-electron chi connectivity index (χ3n) is 17.1. The van der Waals surface area contributed by atoms with Gasteiger partial charge in [-0.15, -0.1) is 0 Å². The van der Waals surface area contributed by atoms with Crippen LogP contribution in [-0.4, -0.2) is 37.2 Å². The van der Waals surface area contributed by atoms with Crippen molar-refractivity contribution < 1.29 is 28.6 Å². The van der Waals surface area contributed by atoms with E-state index < -0.39 is 6.10 Å². The van der Waals surface area contributed by atoms with E-state index >= 15 is 0 Å². The van der Waals surface area contributed by atoms with Gasteiger partial charge in [-0.25, -0.2) is 0 Å². The molecule has 0 N–H and O–H groups in total. The molecule has 1 atom stereocenters. The maximum Gasteiger partial charge on any atom is 0.306 e. The van der Waals surface area contributed by atoms with E-state index in [1.807, 2.05) is 0 Å². The number of allylic oxidation sites excluding steroid dienone is 6. The molecule has 6 nitrogen and oxygen atoms in total. The highest BCUT2D eigenvalue weighted by molar-refractivity contribution is 5.71. The van der Waals surface area contributed by atoms with Gasteiger partial charge in [0.1, 0.15) is 13.2 Å². The first-order valence-corrected chi connectivity index (χ1v) is 37.5. The molecular weight excluding hydrogens is 1020 g/mol. The Hall–Kier alpha value is -2.37. The zero-order chi connectivity index (χ0) is 59.9. The number of hydrogen-bond acceptors (Lipinski definition) is 6. The minimum Gasteiger partial charge on any atom is -0.462 e. The number of rotatable bonds is 70. The number of unbranched alkanes of at least 4 members (excludes halogenated alkanes) is 53. The van der Waals surface area contributed by atoms with Gasteiger partial charge in [0.25, 0.3) is 0 Å². The lowest BCUT2D eigenvalue weighted by Gasteiger charge is -2.18. The summed E-state index contributed by atoms with van der Waals surface area (Å²) in [5.74, 6) is -0.850. The summed E-state index contributed by atoms with van der Waals surface area (Å²) in [6.07, 6.45) is 90.6. The molecule has 0 fully saturated rings. The molecule has 1 unspecified atom stereocenters. The summed E-state index contributed by atoms with van der Waals surface area (Å²) in [7, 11) is 0. The van der Waals surface area contributed by atoms with Crippen LogP contribution in [0.2, 0.25) is 0 Å². The van der Waals surface area contributed by atoms with Crippen LogP contribution in [0, 0.1) is 0 Å². The lowest BCUT2D eigenvalue weighted by atomic mass is 10.0. The fourth-order valence-corrected chi connectivity index (χ4v) is 11.5. The Labute approximate surface area is 518 Å². The lowest BCUT2D eigenvalue weighted by Crippen LogP contribution is -2.30. The second-order valence-corrected chi connectivity index (χ2v) is 25.6. The van der Waals surface area contributed by atoms with E-state index in [0.29, 0.717) is 19.3 Å². The van der Waals surface area contributed by atoms with E-state index in [9.17, 15) is 14.4 Å². The van der Waals surface area contributed by atoms with Gasteiger partial charge in [0.05, 0.1) is 0 Å². The molecule has 0 amide bonds. The first-order chi connectivity index (χ1) is 41.0. The molecule has 0 bridgehead atoms. The second kappa shape index (κ2) is 72.1. The Morgan fingerprint density at radius 2 is 0.434 bits per heavy atom. The van der Waals surface area contributed by atoms with Crippen molar-refractivity contribution in [1.82, 2.24) is 0 Å². The van der Waals surface area contributed by atoms with Crippen molar-refractivity contribution in [1.29, 1.82) is 0 Å². The highest BCUT2D eigenvalue weighted by Gasteiger charge is 2.20. The van der Waals surface area contributed by atoms with Gasteiger partial charge in [0, 0.05) is 19.3 Å². The van der Waals surface area contributed by atoms with Crippen LogP contribution in [0.15, 0.2) is 36.5 Å². The number of ether oxygens (including phenoxy) is 3. The minimum atomic E-state index is -0.775. The van der Waals surface area contributed by atoms with Crippen LogP contribution < -0.4 is 0 Å². The van der Waals surface area contributed by atoms with Crippen LogP contribution in [0.5, 0.6) is 0 Å². The third-order valence-corrected chi connectivity index (χ3v) is 17.1. The molecule has 6 heteroatoms. The minimum absolute atomic E-state index is 0.0698. The van der Waals surface area contributed by atoms with E-state index in [-0.39, 0.29) is 31.1 Å². The van der Waals surface area contributed by atoms with Crippen LogP contribution >= 0.6 is 0 Å². The van der Waals surface area contributed by atoms with Gasteiger partial charge < -0.3 is 14.2 Å². The van der Waals surface area contributed by atoms with Crippen molar-refractivity contribution >= 4 is 17.9 Å². The standard InChI is InChI=1S/C77H144O6/c1-4-7-10-13-16-19-22-25-27-29-31-33-35-37-38-39-41-42-44-46-48-50-52-55-58-61-64-67-70-76(79)82-73-74(72-81-75(78)69-66-63-60-57-54-24-21-18-15-12-9-6-3)83-77(80)71-68-65-62-59-56-53-51-49-47-45-43-40-36-34-32-30-28-26-23-20-17-14-11-8-5-2/h18,21,23,26,30,32,74H,4-17,19-20,22,24-25,27-29,31,33-73H2,1-3H3/b21-18-,26-23-,32-30-. The normalized spacial score (nSPS) is 12.2. The Bertz CT molecular complexity index is 1380. The van der Waals surface area contributed by atoms with Crippen molar-refractivity contribution in [2.45, 2.75) is 425 Å². The van der Waals surface area contributed by atoms with Crippen LogP contribution in [0.4, 0.5) is 0 Å². The fourth-order valence-electron chi connectivity index (χ4n) is 11.5. The molecule has 0 saturated carbocycles. The predicted octanol–water partition coefficient (Wildman–Crippen LogP) is 25.9. The second-order valence-electron chi connectivity index (χ2n) is 25.6. The highest BCUT2D eigenvalue weighted by Crippen LogP contribution is 2.19. The summed E-state index contributed by atoms with van der Waals surface area (Å²) in [5.41, 5.74) is 0. The van der Waals surface area contributed by atoms with Crippen molar-refractivity contribution in [2.75, 3.05) is 13.2 Å². The molecule has 0 spiro atoms. The lowest BCUT2D eigenvalue weighted by molar-refractivity contribution is -0.167. The Balaban J connectivity index is 4.16. The maximum atomic E-state index is 13.0. The summed E-state index contributed by atoms with van der Waals surface area (Å²) in [5, 5.41) is 0. The van der Waals surface area contributed by atoms with Crippen LogP contribution in [0.25, 0.3) is 0 Å². The Morgan fingerprint density at radius 1 is 0.241 bits per heavy atom. The number of carbonyl (C=O) groups excluding carboxylic acids is 3. The first kappa shape index (κ1) is 80.6. The SMILES string of the molecule is CCCCC/C=C\CCCCCCCC(=O)OCC(COC(=O)CCCCCCCCCCCCCCCCCCCCCCCCCCCCCC)OC(=O)CCCCCCCCCCCCCCC/C=C\C/C=C\CCCCCCC. The largest absolute Gasteiger partial charge is 0.462 e. The number of esters is 3. The molecule has 83 heavy (non-hydrogen) atoms. The van der Waals surface area contributed by atoms with Crippen molar-refractivity contribution in [3.05, 3.63) is 36.5 Å². The van der Waals surface area contributed by atoms with E-state index in [1.54, 1.807) is 0 Å². The average Bonchev–Trinajstić information content (AvgIpc) is 3.49. The first-order valence-electron chi connectivity index (χ1n) is 37.5. The predicted molar refractivity (Wildman–Crippen MR) is 362 cm³/mol. The molecule has 0 aromatic heterocycles. The van der Waals surface area contributed by atoms with Gasteiger partial charge in [-0.1, -0.05) is 359 Å². The summed E-state index contributed by atoms with van der Waals surface area (Å²) < 4.78 is 17.0. The van der Waals surface area contributed by atoms with E-state index in [1.165, 1.54) is 308 Å². The topological polar surface area (TPSA) is 78.9 Å². The average molecular weight is 1170 g/mol. The van der Waals surface area contributed by atoms with Crippen molar-refractivity contribution in [3.63, 3.8) is 0 Å². The maximum absolute atomic E-state index is 13.0. The molecule has 0 aliphatic heterocycles. The molecule has 0 aromatic carbocycles. The van der Waals surface area contributed by atoms with Crippen molar-refractivity contribution in [2.24, 2.45) is 0 Å². The Morgan fingerprint density at radius 3 is 0.699 bits per heavy atom. The molecule has 0 saturated heterocycles. The van der Waals surface area contributed by atoms with E-state index in [2.05, 4.69) is 57.2 Å². The molecule has 488 valence electrons.